The standard InChI is InChI=1S/C10H18N2O4S/c13-8(9(14)15)3-4-11-10(16)12-6-7-2-1-5-17-7/h7-8,13H,1-6H2,(H,14,15)(H2,11,12,16)/t7?,8-/m0/s1. The number of thioether (sulfide) groups is 1. The number of nitrogens with one attached hydrogen (secondary N) is 2. The molecule has 1 fully saturated rings. The minimum absolute atomic E-state index is 0.0148. The fourth-order valence-corrected chi connectivity index (χ4v) is 2.72. The maximum absolute atomic E-state index is 11.3. The molecule has 0 spiro atoms. The number of hydrogen-bond donors (Lipinski definition) is 4. The molecule has 4 N–H and O–H groups in total. The van der Waals surface area contributed by atoms with Crippen molar-refractivity contribution >= 4 is 23.8 Å². The molecule has 7 heteroatoms. The molecule has 0 aromatic heterocycles. The quantitative estimate of drug-likeness (QED) is 0.541. The van der Waals surface area contributed by atoms with E-state index in [0.717, 1.165) is 12.2 Å². The zero-order valence-corrected chi connectivity index (χ0v) is 10.3. The number of aliphatic hydroxyl groups is 1. The van der Waals surface area contributed by atoms with E-state index in [0.29, 0.717) is 11.8 Å². The summed E-state index contributed by atoms with van der Waals surface area (Å²) < 4.78 is 0. The van der Waals surface area contributed by atoms with Crippen molar-refractivity contribution < 1.29 is 19.8 Å². The summed E-state index contributed by atoms with van der Waals surface area (Å²) in [5, 5.41) is 23.1. The summed E-state index contributed by atoms with van der Waals surface area (Å²) in [4.78, 5) is 21.6. The van der Waals surface area contributed by atoms with Crippen LogP contribution in [0.5, 0.6) is 0 Å². The lowest BCUT2D eigenvalue weighted by atomic mass is 10.2. The minimum Gasteiger partial charge on any atom is -0.479 e. The van der Waals surface area contributed by atoms with Crippen LogP contribution in [0.2, 0.25) is 0 Å². The van der Waals surface area contributed by atoms with Crippen LogP contribution in [0, 0.1) is 0 Å². The smallest absolute Gasteiger partial charge is 0.332 e. The van der Waals surface area contributed by atoms with E-state index in [1.54, 1.807) is 0 Å². The maximum Gasteiger partial charge on any atom is 0.332 e. The molecule has 0 bridgehead atoms. The Balaban J connectivity index is 2.02. The molecular formula is C10H18N2O4S. The highest BCUT2D eigenvalue weighted by Gasteiger charge is 2.16. The molecule has 1 aliphatic heterocycles. The molecule has 0 radical (unpaired) electrons. The van der Waals surface area contributed by atoms with Crippen LogP contribution < -0.4 is 10.6 Å². The van der Waals surface area contributed by atoms with Gasteiger partial charge in [0.05, 0.1) is 0 Å². The molecule has 1 unspecified atom stereocenters. The van der Waals surface area contributed by atoms with Gasteiger partial charge in [-0.25, -0.2) is 9.59 Å². The molecular weight excluding hydrogens is 244 g/mol. The number of carbonyl (C=O) groups excluding carboxylic acids is 1. The van der Waals surface area contributed by atoms with Crippen LogP contribution in [0.3, 0.4) is 0 Å². The van der Waals surface area contributed by atoms with Crippen LogP contribution in [-0.2, 0) is 4.79 Å². The lowest BCUT2D eigenvalue weighted by Gasteiger charge is -2.11. The first-order valence-corrected chi connectivity index (χ1v) is 6.68. The van der Waals surface area contributed by atoms with E-state index >= 15 is 0 Å². The minimum atomic E-state index is -1.42. The molecule has 0 aromatic rings. The highest BCUT2D eigenvalue weighted by Crippen LogP contribution is 2.25. The third-order valence-corrected chi connectivity index (χ3v) is 3.90. The van der Waals surface area contributed by atoms with Gasteiger partial charge in [0.15, 0.2) is 6.10 Å². The summed E-state index contributed by atoms with van der Waals surface area (Å²) in [6.07, 6.45) is 0.924. The van der Waals surface area contributed by atoms with Gasteiger partial charge in [-0.2, -0.15) is 11.8 Å². The van der Waals surface area contributed by atoms with Gasteiger partial charge in [-0.05, 0) is 18.6 Å². The number of hydrogen-bond acceptors (Lipinski definition) is 4. The summed E-state index contributed by atoms with van der Waals surface area (Å²) in [6.45, 7) is 0.787. The lowest BCUT2D eigenvalue weighted by Crippen LogP contribution is -2.40. The second-order valence-corrected chi connectivity index (χ2v) is 5.32. The monoisotopic (exact) mass is 262 g/mol. The third kappa shape index (κ3) is 5.78. The molecule has 0 saturated carbocycles. The zero-order valence-electron chi connectivity index (χ0n) is 9.52. The van der Waals surface area contributed by atoms with E-state index in [4.69, 9.17) is 10.2 Å². The average Bonchev–Trinajstić information content (AvgIpc) is 2.78. The number of rotatable bonds is 6. The molecule has 0 aliphatic carbocycles. The Kier molecular flexibility index (Phi) is 6.13. The number of carbonyl (C=O) groups is 2. The van der Waals surface area contributed by atoms with E-state index in [2.05, 4.69) is 10.6 Å². The van der Waals surface area contributed by atoms with Crippen molar-refractivity contribution in [2.45, 2.75) is 30.6 Å². The molecule has 17 heavy (non-hydrogen) atoms. The van der Waals surface area contributed by atoms with Crippen molar-refractivity contribution in [3.63, 3.8) is 0 Å². The van der Waals surface area contributed by atoms with E-state index in [-0.39, 0.29) is 19.0 Å². The van der Waals surface area contributed by atoms with Crippen molar-refractivity contribution in [1.29, 1.82) is 0 Å². The summed E-state index contributed by atoms with van der Waals surface area (Å²) in [6, 6.07) is -0.310. The van der Waals surface area contributed by atoms with E-state index in [9.17, 15) is 9.59 Å². The largest absolute Gasteiger partial charge is 0.479 e. The van der Waals surface area contributed by atoms with Gasteiger partial charge < -0.3 is 20.8 Å². The van der Waals surface area contributed by atoms with Gasteiger partial charge in [-0.15, -0.1) is 0 Å². The SMILES string of the molecule is O=C(NCC[C@H](O)C(=O)O)NCC1CCCS1. The van der Waals surface area contributed by atoms with Gasteiger partial charge in [-0.3, -0.25) is 0 Å². The summed E-state index contributed by atoms with van der Waals surface area (Å²) >= 11 is 1.86. The number of urea groups is 1. The zero-order chi connectivity index (χ0) is 12.7. The molecule has 1 aliphatic rings. The lowest BCUT2D eigenvalue weighted by molar-refractivity contribution is -0.146. The van der Waals surface area contributed by atoms with Crippen molar-refractivity contribution in [3.05, 3.63) is 0 Å². The summed E-state index contributed by atoms with van der Waals surface area (Å²) in [7, 11) is 0. The highest BCUT2D eigenvalue weighted by molar-refractivity contribution is 8.00. The molecule has 0 aromatic carbocycles. The molecule has 2 atom stereocenters. The first-order valence-electron chi connectivity index (χ1n) is 5.63. The number of carboxylic acid groups (broad SMARTS) is 1. The number of aliphatic hydroxyl groups excluding tert-OH is 1. The number of amides is 2. The van der Waals surface area contributed by atoms with Gasteiger partial charge in [0.25, 0.3) is 0 Å². The summed E-state index contributed by atoms with van der Waals surface area (Å²) in [5.74, 6) is -0.117. The van der Waals surface area contributed by atoms with Crippen LogP contribution in [0.1, 0.15) is 19.3 Å². The van der Waals surface area contributed by atoms with Crippen LogP contribution >= 0.6 is 11.8 Å². The molecule has 98 valence electrons. The fraction of sp³-hybridized carbons (Fsp3) is 0.800. The van der Waals surface area contributed by atoms with Gasteiger partial charge in [0.1, 0.15) is 0 Å². The van der Waals surface area contributed by atoms with Crippen molar-refractivity contribution in [1.82, 2.24) is 10.6 Å². The average molecular weight is 262 g/mol. The van der Waals surface area contributed by atoms with E-state index in [1.807, 2.05) is 11.8 Å². The van der Waals surface area contributed by atoms with Crippen LogP contribution in [0.15, 0.2) is 0 Å². The second-order valence-electron chi connectivity index (χ2n) is 3.91. The first-order chi connectivity index (χ1) is 8.09. The number of carboxylic acids is 1. The topological polar surface area (TPSA) is 98.7 Å². The predicted molar refractivity (Wildman–Crippen MR) is 65.1 cm³/mol. The number of aliphatic carboxylic acids is 1. The van der Waals surface area contributed by atoms with Gasteiger partial charge in [-0.1, -0.05) is 0 Å². The summed E-state index contributed by atoms with van der Waals surface area (Å²) in [5.41, 5.74) is 0. The molecule has 2 amide bonds. The Morgan fingerprint density at radius 3 is 2.76 bits per heavy atom. The Morgan fingerprint density at radius 1 is 1.41 bits per heavy atom. The van der Waals surface area contributed by atoms with Gasteiger partial charge in [0.2, 0.25) is 0 Å². The Hall–Kier alpha value is -0.950. The maximum atomic E-state index is 11.3. The van der Waals surface area contributed by atoms with Crippen molar-refractivity contribution in [2.24, 2.45) is 0 Å². The Labute approximate surface area is 104 Å². The van der Waals surface area contributed by atoms with E-state index < -0.39 is 12.1 Å². The van der Waals surface area contributed by atoms with Gasteiger partial charge in [0, 0.05) is 24.8 Å². The van der Waals surface area contributed by atoms with Crippen LogP contribution in [0.25, 0.3) is 0 Å². The van der Waals surface area contributed by atoms with Gasteiger partial charge >= 0.3 is 12.0 Å². The highest BCUT2D eigenvalue weighted by atomic mass is 32.2. The third-order valence-electron chi connectivity index (χ3n) is 2.50. The normalized spacial score (nSPS) is 20.9. The first kappa shape index (κ1) is 14.1. The molecule has 6 nitrogen and oxygen atoms in total. The Morgan fingerprint density at radius 2 is 2.18 bits per heavy atom. The van der Waals surface area contributed by atoms with Crippen molar-refractivity contribution in [3.8, 4) is 0 Å². The van der Waals surface area contributed by atoms with Crippen LogP contribution in [-0.4, -0.2) is 52.4 Å². The van der Waals surface area contributed by atoms with Crippen molar-refractivity contribution in [2.75, 3.05) is 18.8 Å². The Bertz CT molecular complexity index is 269. The molecule has 1 heterocycles. The van der Waals surface area contributed by atoms with Crippen LogP contribution in [0.4, 0.5) is 4.79 Å². The van der Waals surface area contributed by atoms with E-state index in [1.165, 1.54) is 6.42 Å². The second kappa shape index (κ2) is 7.39. The molecule has 1 rings (SSSR count). The molecule has 1 saturated heterocycles. The fourth-order valence-electron chi connectivity index (χ4n) is 1.52. The predicted octanol–water partition coefficient (Wildman–Crippen LogP) is 0.0168.